The number of aliphatic carboxylic acids is 4. The number of rotatable bonds is 33. The Bertz CT molecular complexity index is 1400. The van der Waals surface area contributed by atoms with E-state index in [4.69, 9.17) is 0 Å². The summed E-state index contributed by atoms with van der Waals surface area (Å²) in [4.78, 5) is 58.5. The summed E-state index contributed by atoms with van der Waals surface area (Å²) in [6.07, 6.45) is 20.3. The van der Waals surface area contributed by atoms with Gasteiger partial charge in [0.25, 0.3) is 0 Å². The number of carbonyl (C=O) groups is 4. The molecule has 0 aromatic rings. The van der Waals surface area contributed by atoms with Crippen molar-refractivity contribution in [3.05, 3.63) is 0 Å². The molecule has 0 saturated carbocycles. The van der Waals surface area contributed by atoms with Crippen molar-refractivity contribution in [3.63, 3.8) is 0 Å². The Morgan fingerprint density at radius 2 is 0.719 bits per heavy atom. The fraction of sp³-hybridized carbons (Fsp3) is 0.923. The maximum Gasteiger partial charge on any atom is 0.312 e. The molecule has 2 aliphatic rings. The first-order chi connectivity index (χ1) is 29.8. The van der Waals surface area contributed by atoms with E-state index in [1.807, 2.05) is 0 Å². The molecule has 0 spiro atoms. The number of unbranched alkanes of at least 4 members (excludes halogenated alkanes) is 20. The van der Waals surface area contributed by atoms with Crippen LogP contribution in [0.3, 0.4) is 0 Å². The quantitative estimate of drug-likeness (QED) is 0.0341. The normalized spacial score (nSPS) is 21.2. The minimum atomic E-state index is -2.67. The third-order valence-electron chi connectivity index (χ3n) is 16.0. The van der Waals surface area contributed by atoms with E-state index in [0.717, 1.165) is 56.4 Å². The van der Waals surface area contributed by atoms with Crippen molar-refractivity contribution < 1.29 is 50.0 Å². The van der Waals surface area contributed by atoms with Crippen molar-refractivity contribution in [2.75, 3.05) is 0 Å². The second-order valence-corrected chi connectivity index (χ2v) is 23.0. The Morgan fingerprint density at radius 3 is 0.969 bits per heavy atom. The number of hydrogen-bond acceptors (Lipinski definition) is 8. The molecular formula is C52H96N2O10. The highest BCUT2D eigenvalue weighted by atomic mass is 16.5. The molecule has 12 nitrogen and oxygen atoms in total. The van der Waals surface area contributed by atoms with E-state index in [2.05, 4.69) is 13.8 Å². The smallest absolute Gasteiger partial charge is 0.312 e. The standard InChI is InChI=1S/C52H96N2O10/c1-11-13-15-17-19-21-23-25-27-29-31-33-50(43(57)58,34-32-30-28-26-24-22-20-18-16-14-12-2)52(45(61)62,41-37-48(7,8)54(64)49(9,10)38-41)51(44(59)60,39-42(55)56)40-35-46(3,4)53(63)47(5,6)36-40/h40-41,63-64H,11-39H2,1-10H3,(H,55,56)(H,57,58)(H,59,60)(H,61,62). The van der Waals surface area contributed by atoms with E-state index < -0.39 is 80.5 Å². The summed E-state index contributed by atoms with van der Waals surface area (Å²) in [6, 6.07) is 0. The zero-order valence-electron chi connectivity index (χ0n) is 42.4. The Labute approximate surface area is 388 Å². The minimum Gasteiger partial charge on any atom is -0.481 e. The molecule has 0 aromatic heterocycles. The molecule has 2 heterocycles. The molecule has 2 aliphatic heterocycles. The van der Waals surface area contributed by atoms with Crippen molar-refractivity contribution in [1.82, 2.24) is 10.1 Å². The van der Waals surface area contributed by atoms with Crippen LogP contribution in [0.2, 0.25) is 0 Å². The number of carboxylic acids is 4. The minimum absolute atomic E-state index is 0.0783. The van der Waals surface area contributed by atoms with Crippen LogP contribution >= 0.6 is 0 Å². The second kappa shape index (κ2) is 25.2. The molecule has 6 N–H and O–H groups in total. The molecule has 2 saturated heterocycles. The van der Waals surface area contributed by atoms with Crippen molar-refractivity contribution in [1.29, 1.82) is 0 Å². The fourth-order valence-corrected chi connectivity index (χ4v) is 13.3. The van der Waals surface area contributed by atoms with Gasteiger partial charge in [-0.05, 0) is 106 Å². The SMILES string of the molecule is CCCCCCCCCCCCCC(CCCCCCCCCCCCC)(C(=O)O)C(C(=O)O)(C1CC(C)(C)N(O)C(C)(C)C1)C(CC(=O)O)(C(=O)O)C1CC(C)(C)N(O)C(C)(C)C1. The van der Waals surface area contributed by atoms with Crippen LogP contribution in [0, 0.1) is 28.1 Å². The Morgan fingerprint density at radius 1 is 0.438 bits per heavy atom. The summed E-state index contributed by atoms with van der Waals surface area (Å²) in [5, 5.41) is 73.0. The molecule has 0 aromatic carbocycles. The number of hydrogen-bond donors (Lipinski definition) is 6. The molecule has 0 radical (unpaired) electrons. The monoisotopic (exact) mass is 909 g/mol. The van der Waals surface area contributed by atoms with Gasteiger partial charge in [-0.1, -0.05) is 155 Å². The lowest BCUT2D eigenvalue weighted by atomic mass is 9.37. The molecular weight excluding hydrogens is 813 g/mol. The van der Waals surface area contributed by atoms with Crippen LogP contribution < -0.4 is 0 Å². The predicted molar refractivity (Wildman–Crippen MR) is 254 cm³/mol. The van der Waals surface area contributed by atoms with E-state index in [1.54, 1.807) is 55.4 Å². The number of piperidine rings is 2. The van der Waals surface area contributed by atoms with Gasteiger partial charge >= 0.3 is 23.9 Å². The summed E-state index contributed by atoms with van der Waals surface area (Å²) in [5.74, 6) is -8.50. The summed E-state index contributed by atoms with van der Waals surface area (Å²) < 4.78 is 0. The highest BCUT2D eigenvalue weighted by molar-refractivity contribution is 5.96. The predicted octanol–water partition coefficient (Wildman–Crippen LogP) is 13.4. The van der Waals surface area contributed by atoms with Gasteiger partial charge < -0.3 is 30.8 Å². The first kappa shape index (κ1) is 57.8. The topological polar surface area (TPSA) is 196 Å². The van der Waals surface area contributed by atoms with E-state index in [1.165, 1.54) is 69.3 Å². The molecule has 2 atom stereocenters. The van der Waals surface area contributed by atoms with Crippen molar-refractivity contribution in [2.24, 2.45) is 28.1 Å². The maximum atomic E-state index is 15.3. The zero-order chi connectivity index (χ0) is 48.6. The molecule has 0 amide bonds. The van der Waals surface area contributed by atoms with E-state index in [9.17, 15) is 45.2 Å². The lowest BCUT2D eigenvalue weighted by Crippen LogP contribution is -2.74. The van der Waals surface area contributed by atoms with E-state index >= 15 is 4.79 Å². The van der Waals surface area contributed by atoms with Gasteiger partial charge in [0.05, 0.1) is 17.3 Å². The molecule has 12 heteroatoms. The van der Waals surface area contributed by atoms with Crippen LogP contribution in [-0.4, -0.2) is 87.0 Å². The average Bonchev–Trinajstić information content (AvgIpc) is 3.18. The van der Waals surface area contributed by atoms with E-state index in [0.29, 0.717) is 25.7 Å². The highest BCUT2D eigenvalue weighted by Gasteiger charge is 2.79. The maximum absolute atomic E-state index is 15.3. The summed E-state index contributed by atoms with van der Waals surface area (Å²) in [5.41, 5.74) is -12.0. The summed E-state index contributed by atoms with van der Waals surface area (Å²) in [7, 11) is 0. The zero-order valence-corrected chi connectivity index (χ0v) is 42.4. The molecule has 2 rings (SSSR count). The summed E-state index contributed by atoms with van der Waals surface area (Å²) >= 11 is 0. The van der Waals surface area contributed by atoms with Gasteiger partial charge in [-0.2, -0.15) is 10.1 Å². The molecule has 374 valence electrons. The van der Waals surface area contributed by atoms with Gasteiger partial charge in [0, 0.05) is 22.2 Å². The first-order valence-electron chi connectivity index (χ1n) is 25.7. The Balaban J connectivity index is 2.92. The van der Waals surface area contributed by atoms with Crippen LogP contribution in [-0.2, 0) is 19.2 Å². The van der Waals surface area contributed by atoms with Gasteiger partial charge in [0.15, 0.2) is 0 Å². The lowest BCUT2D eigenvalue weighted by molar-refractivity contribution is -0.291. The second-order valence-electron chi connectivity index (χ2n) is 23.0. The average molecular weight is 909 g/mol. The fourth-order valence-electron chi connectivity index (χ4n) is 13.3. The third kappa shape index (κ3) is 13.7. The largest absolute Gasteiger partial charge is 0.481 e. The van der Waals surface area contributed by atoms with Crippen LogP contribution in [0.5, 0.6) is 0 Å². The van der Waals surface area contributed by atoms with Gasteiger partial charge in [0.2, 0.25) is 0 Å². The molecule has 0 aliphatic carbocycles. The molecule has 2 unspecified atom stereocenters. The van der Waals surface area contributed by atoms with Gasteiger partial charge in [-0.25, -0.2) is 0 Å². The number of nitrogens with zero attached hydrogens (tertiary/aromatic N) is 2. The third-order valence-corrected chi connectivity index (χ3v) is 16.0. The van der Waals surface area contributed by atoms with E-state index in [-0.39, 0.29) is 38.5 Å². The first-order valence-corrected chi connectivity index (χ1v) is 25.7. The van der Waals surface area contributed by atoms with Crippen molar-refractivity contribution >= 4 is 23.9 Å². The van der Waals surface area contributed by atoms with Crippen LogP contribution in [0.25, 0.3) is 0 Å². The summed E-state index contributed by atoms with van der Waals surface area (Å²) in [6.45, 7) is 18.3. The molecule has 2 fully saturated rings. The highest BCUT2D eigenvalue weighted by Crippen LogP contribution is 2.70. The number of hydroxylamine groups is 4. The van der Waals surface area contributed by atoms with Crippen LogP contribution in [0.1, 0.15) is 255 Å². The van der Waals surface area contributed by atoms with Gasteiger partial charge in [-0.3, -0.25) is 19.2 Å². The molecule has 64 heavy (non-hydrogen) atoms. The van der Waals surface area contributed by atoms with Gasteiger partial charge in [0.1, 0.15) is 5.41 Å². The van der Waals surface area contributed by atoms with Crippen molar-refractivity contribution in [3.8, 4) is 0 Å². The molecule has 0 bridgehead atoms. The Kier molecular flexibility index (Phi) is 22.8. The van der Waals surface area contributed by atoms with Crippen molar-refractivity contribution in [2.45, 2.75) is 278 Å². The van der Waals surface area contributed by atoms with Gasteiger partial charge in [-0.15, -0.1) is 0 Å². The van der Waals surface area contributed by atoms with Crippen LogP contribution in [0.15, 0.2) is 0 Å². The lowest BCUT2D eigenvalue weighted by Gasteiger charge is -2.65. The van der Waals surface area contributed by atoms with Crippen LogP contribution in [0.4, 0.5) is 0 Å². The Hall–Kier alpha value is -2.28. The number of carboxylic acid groups (broad SMARTS) is 4.